The molecule has 2 aliphatic heterocycles. The van der Waals surface area contributed by atoms with Crippen molar-refractivity contribution in [3.8, 4) is 0 Å². The topological polar surface area (TPSA) is 38.3 Å². The minimum atomic E-state index is -0.307. The Kier molecular flexibility index (Phi) is 2.97. The van der Waals surface area contributed by atoms with Gasteiger partial charge in [-0.3, -0.25) is 0 Å². The molecule has 86 valence electrons. The number of carbonyl (C=O) groups excluding carboxylic acids is 1. The van der Waals surface area contributed by atoms with Crippen molar-refractivity contribution in [3.05, 3.63) is 36.5 Å². The molecule has 1 spiro atoms. The normalized spacial score (nSPS) is 24.1. The molecule has 2 heterocycles. The van der Waals surface area contributed by atoms with Gasteiger partial charge in [0, 0.05) is 19.3 Å². The summed E-state index contributed by atoms with van der Waals surface area (Å²) in [7, 11) is 0. The van der Waals surface area contributed by atoms with Gasteiger partial charge in [-0.1, -0.05) is 25.3 Å². The zero-order valence-electron chi connectivity index (χ0n) is 9.42. The van der Waals surface area contributed by atoms with Crippen LogP contribution in [0.15, 0.2) is 36.5 Å². The average molecular weight is 219 g/mol. The molecular weight excluding hydrogens is 202 g/mol. The summed E-state index contributed by atoms with van der Waals surface area (Å²) in [5, 5.41) is 3.28. The maximum absolute atomic E-state index is 11.8. The first-order chi connectivity index (χ1) is 7.71. The Morgan fingerprint density at radius 3 is 2.50 bits per heavy atom. The number of hydrogen-bond donors (Lipinski definition) is 1. The molecule has 3 heteroatoms. The van der Waals surface area contributed by atoms with Crippen molar-refractivity contribution in [3.63, 3.8) is 0 Å². The van der Waals surface area contributed by atoms with E-state index in [4.69, 9.17) is 4.74 Å². The molecule has 3 nitrogen and oxygen atoms in total. The number of ether oxygens (including phenoxy) is 1. The van der Waals surface area contributed by atoms with Crippen LogP contribution in [0, 0.1) is 0 Å². The van der Waals surface area contributed by atoms with Crippen LogP contribution in [0.4, 0.5) is 0 Å². The van der Waals surface area contributed by atoms with Gasteiger partial charge in [-0.05, 0) is 18.7 Å². The highest BCUT2D eigenvalue weighted by atomic mass is 16.6. The molecule has 1 fully saturated rings. The maximum atomic E-state index is 11.8. The van der Waals surface area contributed by atoms with Crippen molar-refractivity contribution in [2.24, 2.45) is 0 Å². The fraction of sp³-hybridized carbons (Fsp3) is 0.462. The van der Waals surface area contributed by atoms with E-state index >= 15 is 0 Å². The van der Waals surface area contributed by atoms with Gasteiger partial charge in [-0.15, -0.1) is 0 Å². The fourth-order valence-corrected chi connectivity index (χ4v) is 2.42. The van der Waals surface area contributed by atoms with Gasteiger partial charge in [0.05, 0.1) is 5.57 Å². The molecule has 2 aliphatic rings. The zero-order valence-corrected chi connectivity index (χ0v) is 9.42. The van der Waals surface area contributed by atoms with Crippen LogP contribution in [-0.4, -0.2) is 24.7 Å². The maximum Gasteiger partial charge on any atom is 0.338 e. The van der Waals surface area contributed by atoms with Gasteiger partial charge in [0.25, 0.3) is 0 Å². The summed E-state index contributed by atoms with van der Waals surface area (Å²) in [4.78, 5) is 11.8. The second-order valence-corrected chi connectivity index (χ2v) is 4.35. The Balaban J connectivity index is 2.30. The van der Waals surface area contributed by atoms with Gasteiger partial charge in [0.15, 0.2) is 0 Å². The number of hydrogen-bond acceptors (Lipinski definition) is 3. The first kappa shape index (κ1) is 11.1. The summed E-state index contributed by atoms with van der Waals surface area (Å²) in [6.07, 6.45) is 5.83. The lowest BCUT2D eigenvalue weighted by molar-refractivity contribution is -0.159. The molecule has 2 rings (SSSR count). The molecule has 0 atom stereocenters. The van der Waals surface area contributed by atoms with Crippen molar-refractivity contribution in [1.29, 1.82) is 0 Å². The minimum Gasteiger partial charge on any atom is -0.455 e. The van der Waals surface area contributed by atoms with E-state index in [1.807, 2.05) is 0 Å². The van der Waals surface area contributed by atoms with E-state index in [2.05, 4.69) is 18.5 Å². The van der Waals surface area contributed by atoms with Crippen LogP contribution < -0.4 is 5.32 Å². The number of carbonyl (C=O) groups is 1. The molecule has 1 saturated heterocycles. The first-order valence-electron chi connectivity index (χ1n) is 5.63. The van der Waals surface area contributed by atoms with Crippen molar-refractivity contribution in [1.82, 2.24) is 5.32 Å². The Hall–Kier alpha value is -1.35. The van der Waals surface area contributed by atoms with Gasteiger partial charge in [0.1, 0.15) is 5.60 Å². The van der Waals surface area contributed by atoms with Crippen LogP contribution >= 0.6 is 0 Å². The third-order valence-electron chi connectivity index (χ3n) is 3.35. The second kappa shape index (κ2) is 4.26. The van der Waals surface area contributed by atoms with E-state index in [0.717, 1.165) is 37.9 Å². The van der Waals surface area contributed by atoms with Crippen molar-refractivity contribution in [2.75, 3.05) is 13.1 Å². The number of esters is 1. The van der Waals surface area contributed by atoms with E-state index in [0.29, 0.717) is 5.57 Å². The third kappa shape index (κ3) is 1.83. The lowest BCUT2D eigenvalue weighted by Crippen LogP contribution is -2.47. The van der Waals surface area contributed by atoms with E-state index in [1.165, 1.54) is 0 Å². The highest BCUT2D eigenvalue weighted by Gasteiger charge is 2.40. The van der Waals surface area contributed by atoms with Gasteiger partial charge in [-0.2, -0.15) is 0 Å². The van der Waals surface area contributed by atoms with E-state index < -0.39 is 0 Å². The smallest absolute Gasteiger partial charge is 0.338 e. The highest BCUT2D eigenvalue weighted by molar-refractivity contribution is 5.94. The Morgan fingerprint density at radius 1 is 1.25 bits per heavy atom. The number of rotatable bonds is 2. The Labute approximate surface area is 95.9 Å². The van der Waals surface area contributed by atoms with Crippen LogP contribution in [0.5, 0.6) is 0 Å². The molecular formula is C13H17NO2. The summed E-state index contributed by atoms with van der Waals surface area (Å²) in [6, 6.07) is 0. The molecule has 1 N–H and O–H groups in total. The quantitative estimate of drug-likeness (QED) is 0.719. The molecule has 0 radical (unpaired) electrons. The van der Waals surface area contributed by atoms with E-state index in [-0.39, 0.29) is 11.6 Å². The summed E-state index contributed by atoms with van der Waals surface area (Å²) >= 11 is 0. The van der Waals surface area contributed by atoms with E-state index in [1.54, 1.807) is 12.2 Å². The van der Waals surface area contributed by atoms with Crippen molar-refractivity contribution >= 4 is 5.97 Å². The molecule has 16 heavy (non-hydrogen) atoms. The van der Waals surface area contributed by atoms with Crippen molar-refractivity contribution < 1.29 is 9.53 Å². The average Bonchev–Trinajstić information content (AvgIpc) is 2.29. The lowest BCUT2D eigenvalue weighted by Gasteiger charge is -2.40. The van der Waals surface area contributed by atoms with Crippen LogP contribution in [0.25, 0.3) is 0 Å². The fourth-order valence-electron chi connectivity index (χ4n) is 2.42. The van der Waals surface area contributed by atoms with Gasteiger partial charge >= 0.3 is 5.97 Å². The minimum absolute atomic E-state index is 0.252. The highest BCUT2D eigenvalue weighted by Crippen LogP contribution is 2.37. The second-order valence-electron chi connectivity index (χ2n) is 4.35. The standard InChI is InChI=1S/C13H17NO2/c1-3-10-9-13(5-7-14-8-6-13)16-12(15)11(10)4-2/h3-4,14H,1-2,5-9H2. The molecule has 0 aromatic rings. The molecule has 0 bridgehead atoms. The molecule has 0 saturated carbocycles. The Bertz CT molecular complexity index is 362. The monoisotopic (exact) mass is 219 g/mol. The molecule has 0 aromatic carbocycles. The van der Waals surface area contributed by atoms with Gasteiger partial charge in [-0.25, -0.2) is 4.79 Å². The van der Waals surface area contributed by atoms with Crippen molar-refractivity contribution in [2.45, 2.75) is 24.9 Å². The molecule has 0 aliphatic carbocycles. The predicted molar refractivity (Wildman–Crippen MR) is 63.0 cm³/mol. The SMILES string of the molecule is C=CC1=C(C=C)C(=O)OC2(CCNCC2)C1. The largest absolute Gasteiger partial charge is 0.455 e. The summed E-state index contributed by atoms with van der Waals surface area (Å²) in [5.74, 6) is -0.252. The number of allylic oxidation sites excluding steroid dienone is 1. The predicted octanol–water partition coefficient (Wildman–Crippen LogP) is 1.72. The summed E-state index contributed by atoms with van der Waals surface area (Å²) in [6.45, 7) is 9.22. The van der Waals surface area contributed by atoms with Crippen LogP contribution in [0.1, 0.15) is 19.3 Å². The molecule has 0 aromatic heterocycles. The van der Waals surface area contributed by atoms with Crippen LogP contribution in [0.3, 0.4) is 0 Å². The zero-order chi connectivity index (χ0) is 11.6. The third-order valence-corrected chi connectivity index (χ3v) is 3.35. The lowest BCUT2D eigenvalue weighted by atomic mass is 9.82. The number of nitrogens with one attached hydrogen (secondary N) is 1. The number of piperidine rings is 1. The Morgan fingerprint density at radius 2 is 1.94 bits per heavy atom. The molecule has 0 amide bonds. The van der Waals surface area contributed by atoms with E-state index in [9.17, 15) is 4.79 Å². The van der Waals surface area contributed by atoms with Gasteiger partial charge < -0.3 is 10.1 Å². The summed E-state index contributed by atoms with van der Waals surface area (Å²) in [5.41, 5.74) is 1.23. The molecule has 0 unspecified atom stereocenters. The van der Waals surface area contributed by atoms with Crippen LogP contribution in [0.2, 0.25) is 0 Å². The summed E-state index contributed by atoms with van der Waals surface area (Å²) < 4.78 is 5.59. The first-order valence-corrected chi connectivity index (χ1v) is 5.63. The van der Waals surface area contributed by atoms with Crippen LogP contribution in [-0.2, 0) is 9.53 Å². The van der Waals surface area contributed by atoms with Gasteiger partial charge in [0.2, 0.25) is 0 Å².